The zero-order valence-corrected chi connectivity index (χ0v) is 20.3. The number of aryl methyl sites for hydroxylation is 1. The molecule has 1 atom stereocenters. The Labute approximate surface area is 203 Å². The van der Waals surface area contributed by atoms with Crippen molar-refractivity contribution in [2.75, 3.05) is 13.1 Å². The fourth-order valence-electron chi connectivity index (χ4n) is 4.75. The summed E-state index contributed by atoms with van der Waals surface area (Å²) in [6, 6.07) is 15.8. The molecule has 4 heterocycles. The second-order valence-corrected chi connectivity index (χ2v) is 10.2. The van der Waals surface area contributed by atoms with Crippen LogP contribution in [0.3, 0.4) is 0 Å². The van der Waals surface area contributed by atoms with Crippen LogP contribution in [0.5, 0.6) is 0 Å². The molecule has 1 unspecified atom stereocenters. The molecule has 0 N–H and O–H groups in total. The van der Waals surface area contributed by atoms with Crippen molar-refractivity contribution in [2.45, 2.75) is 45.6 Å². The van der Waals surface area contributed by atoms with Crippen molar-refractivity contribution in [2.24, 2.45) is 0 Å². The number of likely N-dealkylation sites (tertiary alicyclic amines) is 1. The van der Waals surface area contributed by atoms with Crippen molar-refractivity contribution in [3.05, 3.63) is 70.0 Å². The van der Waals surface area contributed by atoms with Crippen LogP contribution in [0.15, 0.2) is 54.7 Å². The first-order chi connectivity index (χ1) is 16.5. The van der Waals surface area contributed by atoms with Crippen molar-refractivity contribution in [3.63, 3.8) is 0 Å². The van der Waals surface area contributed by atoms with E-state index in [4.69, 9.17) is 4.98 Å². The van der Waals surface area contributed by atoms with E-state index in [1.54, 1.807) is 17.5 Å². The maximum atomic E-state index is 13.1. The number of piperidine rings is 1. The number of benzene rings is 1. The summed E-state index contributed by atoms with van der Waals surface area (Å²) in [4.78, 5) is 39.2. The average molecular weight is 473 g/mol. The van der Waals surface area contributed by atoms with E-state index in [0.717, 1.165) is 46.8 Å². The lowest BCUT2D eigenvalue weighted by atomic mass is 10.0. The highest BCUT2D eigenvalue weighted by Gasteiger charge is 2.29. The number of ketones is 1. The zero-order valence-electron chi connectivity index (χ0n) is 19.5. The Morgan fingerprint density at radius 1 is 1.15 bits per heavy atom. The lowest BCUT2D eigenvalue weighted by Gasteiger charge is -2.34. The molecule has 5 rings (SSSR count). The fourth-order valence-corrected chi connectivity index (χ4v) is 5.64. The van der Waals surface area contributed by atoms with Gasteiger partial charge in [0.25, 0.3) is 0 Å². The molecule has 0 spiro atoms. The Bertz CT molecular complexity index is 1340. The number of fused-ring (bicyclic) bond motifs is 1. The summed E-state index contributed by atoms with van der Waals surface area (Å²) in [6.07, 6.45) is 4.58. The molecule has 0 bridgehead atoms. The van der Waals surface area contributed by atoms with Crippen LogP contribution in [0.2, 0.25) is 0 Å². The monoisotopic (exact) mass is 472 g/mol. The van der Waals surface area contributed by atoms with Crippen LogP contribution in [0.25, 0.3) is 22.6 Å². The molecule has 0 aliphatic carbocycles. The van der Waals surface area contributed by atoms with E-state index in [1.807, 2.05) is 48.2 Å². The number of carbonyl (C=O) groups is 2. The van der Waals surface area contributed by atoms with Crippen LogP contribution >= 0.6 is 11.3 Å². The fraction of sp³-hybridized carbons (Fsp3) is 0.333. The van der Waals surface area contributed by atoms with Crippen molar-refractivity contribution in [3.8, 4) is 11.5 Å². The normalized spacial score (nSPS) is 16.2. The van der Waals surface area contributed by atoms with Crippen LogP contribution in [0, 0.1) is 6.92 Å². The number of thiophene rings is 1. The standard InChI is InChI=1S/C27H28N4O2S/c1-3-25(32)19-10-12-24-23(15-19)29-27(22-8-4-5-13-28-22)31(24)20-7-6-14-30(17-20)26(33)16-21-11-9-18(2)34-21/h4-5,8-13,15,20H,3,6-7,14,16-17H2,1-2H3. The molecule has 34 heavy (non-hydrogen) atoms. The number of Topliss-reactive ketones (excluding diaryl/α,β-unsaturated/α-hetero) is 1. The lowest BCUT2D eigenvalue weighted by Crippen LogP contribution is -2.41. The number of hydrogen-bond donors (Lipinski definition) is 0. The first kappa shape index (κ1) is 22.5. The largest absolute Gasteiger partial charge is 0.340 e. The van der Waals surface area contributed by atoms with Crippen LogP contribution < -0.4 is 0 Å². The third-order valence-electron chi connectivity index (χ3n) is 6.46. The topological polar surface area (TPSA) is 68.1 Å². The van der Waals surface area contributed by atoms with Crippen LogP contribution in [-0.4, -0.2) is 44.2 Å². The smallest absolute Gasteiger partial charge is 0.227 e. The lowest BCUT2D eigenvalue weighted by molar-refractivity contribution is -0.132. The van der Waals surface area contributed by atoms with Gasteiger partial charge < -0.3 is 9.47 Å². The number of nitrogens with zero attached hydrogens (tertiary/aromatic N) is 4. The second kappa shape index (κ2) is 9.50. The molecule has 1 fully saturated rings. The van der Waals surface area contributed by atoms with E-state index in [0.29, 0.717) is 24.9 Å². The summed E-state index contributed by atoms with van der Waals surface area (Å²) in [5, 5.41) is 0. The highest BCUT2D eigenvalue weighted by atomic mass is 32.1. The minimum Gasteiger partial charge on any atom is -0.340 e. The predicted octanol–water partition coefficient (Wildman–Crippen LogP) is 5.47. The summed E-state index contributed by atoms with van der Waals surface area (Å²) in [5.74, 6) is 1.06. The molecule has 1 aromatic carbocycles. The SMILES string of the molecule is CCC(=O)c1ccc2c(c1)nc(-c1ccccn1)n2C1CCCN(C(=O)Cc2ccc(C)s2)C1. The van der Waals surface area contributed by atoms with Gasteiger partial charge in [0.2, 0.25) is 5.91 Å². The Balaban J connectivity index is 1.50. The van der Waals surface area contributed by atoms with Gasteiger partial charge in [-0.25, -0.2) is 4.98 Å². The molecule has 174 valence electrons. The van der Waals surface area contributed by atoms with Crippen LogP contribution in [0.1, 0.15) is 52.3 Å². The Hall–Kier alpha value is -3.32. The van der Waals surface area contributed by atoms with Gasteiger partial charge in [0.1, 0.15) is 5.69 Å². The van der Waals surface area contributed by atoms with Crippen molar-refractivity contribution in [1.29, 1.82) is 0 Å². The number of imidazole rings is 1. The van der Waals surface area contributed by atoms with E-state index in [-0.39, 0.29) is 17.7 Å². The number of aromatic nitrogens is 3. The van der Waals surface area contributed by atoms with E-state index < -0.39 is 0 Å². The third-order valence-corrected chi connectivity index (χ3v) is 7.46. The van der Waals surface area contributed by atoms with Crippen molar-refractivity contribution in [1.82, 2.24) is 19.4 Å². The molecule has 0 saturated carbocycles. The molecule has 7 heteroatoms. The van der Waals surface area contributed by atoms with Gasteiger partial charge in [-0.1, -0.05) is 13.0 Å². The summed E-state index contributed by atoms with van der Waals surface area (Å²) in [5.41, 5.74) is 3.23. The highest BCUT2D eigenvalue weighted by molar-refractivity contribution is 7.12. The maximum Gasteiger partial charge on any atom is 0.227 e. The molecule has 1 aliphatic heterocycles. The number of rotatable bonds is 6. The zero-order chi connectivity index (χ0) is 23.7. The van der Waals surface area contributed by atoms with Gasteiger partial charge in [-0.3, -0.25) is 14.6 Å². The molecule has 1 aliphatic rings. The van der Waals surface area contributed by atoms with E-state index in [9.17, 15) is 9.59 Å². The van der Waals surface area contributed by atoms with Gasteiger partial charge in [0.15, 0.2) is 11.6 Å². The molecule has 3 aromatic heterocycles. The van der Waals surface area contributed by atoms with Gasteiger partial charge >= 0.3 is 0 Å². The Morgan fingerprint density at radius 3 is 2.76 bits per heavy atom. The average Bonchev–Trinajstić information content (AvgIpc) is 3.46. The molecule has 6 nitrogen and oxygen atoms in total. The van der Waals surface area contributed by atoms with Crippen LogP contribution in [0.4, 0.5) is 0 Å². The van der Waals surface area contributed by atoms with Gasteiger partial charge in [-0.2, -0.15) is 0 Å². The van der Waals surface area contributed by atoms with Crippen molar-refractivity contribution >= 4 is 34.1 Å². The minimum atomic E-state index is 0.0949. The summed E-state index contributed by atoms with van der Waals surface area (Å²) in [6.45, 7) is 5.36. The maximum absolute atomic E-state index is 13.1. The molecule has 1 amide bonds. The number of hydrogen-bond acceptors (Lipinski definition) is 5. The summed E-state index contributed by atoms with van der Waals surface area (Å²) in [7, 11) is 0. The molecule has 1 saturated heterocycles. The van der Waals surface area contributed by atoms with Gasteiger partial charge in [-0.05, 0) is 62.2 Å². The van der Waals surface area contributed by atoms with Crippen molar-refractivity contribution < 1.29 is 9.59 Å². The predicted molar refractivity (Wildman–Crippen MR) is 135 cm³/mol. The number of pyridine rings is 1. The third kappa shape index (κ3) is 4.40. The van der Waals surface area contributed by atoms with Gasteiger partial charge in [0.05, 0.1) is 23.5 Å². The molecule has 0 radical (unpaired) electrons. The van der Waals surface area contributed by atoms with E-state index in [2.05, 4.69) is 28.6 Å². The first-order valence-electron chi connectivity index (χ1n) is 11.8. The Morgan fingerprint density at radius 2 is 2.03 bits per heavy atom. The first-order valence-corrected chi connectivity index (χ1v) is 12.6. The minimum absolute atomic E-state index is 0.0949. The van der Waals surface area contributed by atoms with E-state index in [1.165, 1.54) is 4.88 Å². The molecular formula is C27H28N4O2S. The summed E-state index contributed by atoms with van der Waals surface area (Å²) >= 11 is 1.69. The molecular weight excluding hydrogens is 444 g/mol. The second-order valence-electron chi connectivity index (χ2n) is 8.83. The van der Waals surface area contributed by atoms with Gasteiger partial charge in [0, 0.05) is 41.0 Å². The highest BCUT2D eigenvalue weighted by Crippen LogP contribution is 2.33. The summed E-state index contributed by atoms with van der Waals surface area (Å²) < 4.78 is 2.23. The molecule has 4 aromatic rings. The van der Waals surface area contributed by atoms with Gasteiger partial charge in [-0.15, -0.1) is 11.3 Å². The quantitative estimate of drug-likeness (QED) is 0.349. The van der Waals surface area contributed by atoms with Crippen LogP contribution in [-0.2, 0) is 11.2 Å². The number of carbonyl (C=O) groups excluding carboxylic acids is 2. The van der Waals surface area contributed by atoms with E-state index >= 15 is 0 Å². The number of amides is 1. The Kier molecular flexibility index (Phi) is 6.28.